The summed E-state index contributed by atoms with van der Waals surface area (Å²) in [5.74, 6) is 0. The molecule has 0 radical (unpaired) electrons. The molecule has 0 spiro atoms. The first-order chi connectivity index (χ1) is 6.85. The van der Waals surface area contributed by atoms with Crippen LogP contribution in [0.5, 0.6) is 0 Å². The summed E-state index contributed by atoms with van der Waals surface area (Å²) in [5.41, 5.74) is 11.0. The molecule has 0 aliphatic heterocycles. The van der Waals surface area contributed by atoms with E-state index in [4.69, 9.17) is 11.5 Å². The minimum absolute atomic E-state index is 0.805. The highest BCUT2D eigenvalue weighted by Gasteiger charge is 2.02. The van der Waals surface area contributed by atoms with E-state index in [1.54, 1.807) is 0 Å². The minimum atomic E-state index is 0.805. The quantitative estimate of drug-likeness (QED) is 0.522. The van der Waals surface area contributed by atoms with Crippen LogP contribution in [0.3, 0.4) is 0 Å². The molecule has 0 bridgehead atoms. The molecule has 0 heterocycles. The Morgan fingerprint density at radius 1 is 0.786 bits per heavy atom. The van der Waals surface area contributed by atoms with Crippen molar-refractivity contribution in [2.45, 2.75) is 39.0 Å². The van der Waals surface area contributed by atoms with Crippen molar-refractivity contribution in [3.05, 3.63) is 0 Å². The van der Waals surface area contributed by atoms with E-state index < -0.39 is 0 Å². The molecule has 3 nitrogen and oxygen atoms in total. The fourth-order valence-electron chi connectivity index (χ4n) is 1.51. The van der Waals surface area contributed by atoms with Gasteiger partial charge < -0.3 is 16.4 Å². The largest absolute Gasteiger partial charge is 0.330 e. The lowest BCUT2D eigenvalue weighted by Crippen LogP contribution is -2.28. The molecule has 0 unspecified atom stereocenters. The van der Waals surface area contributed by atoms with Crippen LogP contribution in [-0.4, -0.2) is 37.6 Å². The van der Waals surface area contributed by atoms with E-state index in [9.17, 15) is 0 Å². The Bertz CT molecular complexity index is 98.7. The smallest absolute Gasteiger partial charge is 0.000672 e. The van der Waals surface area contributed by atoms with E-state index in [0.717, 1.165) is 32.5 Å². The van der Waals surface area contributed by atoms with E-state index in [-0.39, 0.29) is 0 Å². The first kappa shape index (κ1) is 13.9. The standard InChI is InChI=1S/C11H27N3/c1-2-3-9-14(11-6-8-13)10-5-4-7-12/h2-13H2,1H3. The van der Waals surface area contributed by atoms with Gasteiger partial charge in [0, 0.05) is 0 Å². The van der Waals surface area contributed by atoms with Gasteiger partial charge in [-0.3, -0.25) is 0 Å². The lowest BCUT2D eigenvalue weighted by atomic mass is 10.2. The van der Waals surface area contributed by atoms with Crippen LogP contribution in [0.15, 0.2) is 0 Å². The second kappa shape index (κ2) is 11.0. The molecule has 0 fully saturated rings. The van der Waals surface area contributed by atoms with Crippen molar-refractivity contribution in [3.63, 3.8) is 0 Å². The Morgan fingerprint density at radius 2 is 1.36 bits per heavy atom. The third-order valence-corrected chi connectivity index (χ3v) is 2.43. The molecular weight excluding hydrogens is 174 g/mol. The van der Waals surface area contributed by atoms with Gasteiger partial charge >= 0.3 is 0 Å². The molecule has 0 saturated heterocycles. The van der Waals surface area contributed by atoms with Gasteiger partial charge in [0.05, 0.1) is 0 Å². The Hall–Kier alpha value is -0.120. The average Bonchev–Trinajstić information content (AvgIpc) is 2.21. The Kier molecular flexibility index (Phi) is 10.9. The van der Waals surface area contributed by atoms with Gasteiger partial charge in [-0.15, -0.1) is 0 Å². The summed E-state index contributed by atoms with van der Waals surface area (Å²) in [6.07, 6.45) is 6.06. The maximum Gasteiger partial charge on any atom is -0.000672 e. The van der Waals surface area contributed by atoms with Crippen molar-refractivity contribution in [1.82, 2.24) is 4.90 Å². The molecule has 0 aromatic rings. The minimum Gasteiger partial charge on any atom is -0.330 e. The highest BCUT2D eigenvalue weighted by Crippen LogP contribution is 1.99. The second-order valence-electron chi connectivity index (χ2n) is 3.83. The summed E-state index contributed by atoms with van der Waals surface area (Å²) in [6.45, 7) is 7.43. The maximum absolute atomic E-state index is 5.51. The molecule has 0 rings (SSSR count). The van der Waals surface area contributed by atoms with Crippen LogP contribution in [0.25, 0.3) is 0 Å². The van der Waals surface area contributed by atoms with Gasteiger partial charge in [0.25, 0.3) is 0 Å². The monoisotopic (exact) mass is 201 g/mol. The highest BCUT2D eigenvalue weighted by molar-refractivity contribution is 4.58. The summed E-state index contributed by atoms with van der Waals surface area (Å²) in [7, 11) is 0. The molecule has 86 valence electrons. The van der Waals surface area contributed by atoms with Crippen molar-refractivity contribution in [2.75, 3.05) is 32.7 Å². The Labute approximate surface area is 88.8 Å². The van der Waals surface area contributed by atoms with E-state index in [1.165, 1.54) is 32.4 Å². The molecule has 0 saturated carbocycles. The van der Waals surface area contributed by atoms with Gasteiger partial charge in [-0.1, -0.05) is 13.3 Å². The molecule has 0 atom stereocenters. The third kappa shape index (κ3) is 8.48. The van der Waals surface area contributed by atoms with Crippen LogP contribution in [0, 0.1) is 0 Å². The van der Waals surface area contributed by atoms with Crippen LogP contribution in [0.4, 0.5) is 0 Å². The summed E-state index contributed by atoms with van der Waals surface area (Å²) < 4.78 is 0. The number of unbranched alkanes of at least 4 members (excludes halogenated alkanes) is 2. The van der Waals surface area contributed by atoms with Crippen molar-refractivity contribution >= 4 is 0 Å². The predicted molar refractivity (Wildman–Crippen MR) is 63.3 cm³/mol. The summed E-state index contributed by atoms with van der Waals surface area (Å²) in [6, 6.07) is 0. The molecule has 0 aromatic carbocycles. The topological polar surface area (TPSA) is 55.3 Å². The second-order valence-corrected chi connectivity index (χ2v) is 3.83. The average molecular weight is 201 g/mol. The molecular formula is C11H27N3. The normalized spacial score (nSPS) is 11.1. The van der Waals surface area contributed by atoms with E-state index in [0.29, 0.717) is 0 Å². The predicted octanol–water partition coefficient (Wildman–Crippen LogP) is 1.18. The Balaban J connectivity index is 3.49. The number of hydrogen-bond acceptors (Lipinski definition) is 3. The van der Waals surface area contributed by atoms with Crippen molar-refractivity contribution in [3.8, 4) is 0 Å². The van der Waals surface area contributed by atoms with Crippen LogP contribution in [0.2, 0.25) is 0 Å². The molecule has 0 aliphatic rings. The Morgan fingerprint density at radius 3 is 1.93 bits per heavy atom. The number of nitrogens with zero attached hydrogens (tertiary/aromatic N) is 1. The summed E-state index contributed by atoms with van der Waals surface area (Å²) in [4.78, 5) is 2.52. The van der Waals surface area contributed by atoms with Gasteiger partial charge in [-0.25, -0.2) is 0 Å². The number of hydrogen-bond donors (Lipinski definition) is 2. The van der Waals surface area contributed by atoms with E-state index in [1.807, 2.05) is 0 Å². The molecule has 0 aliphatic carbocycles. The maximum atomic E-state index is 5.51. The number of rotatable bonds is 10. The fraction of sp³-hybridized carbons (Fsp3) is 1.00. The summed E-state index contributed by atoms with van der Waals surface area (Å²) >= 11 is 0. The first-order valence-electron chi connectivity index (χ1n) is 5.97. The molecule has 4 N–H and O–H groups in total. The zero-order valence-corrected chi connectivity index (χ0v) is 9.67. The highest BCUT2D eigenvalue weighted by atomic mass is 15.1. The van der Waals surface area contributed by atoms with E-state index in [2.05, 4.69) is 11.8 Å². The van der Waals surface area contributed by atoms with Gasteiger partial charge in [0.2, 0.25) is 0 Å². The van der Waals surface area contributed by atoms with Gasteiger partial charge in [0.15, 0.2) is 0 Å². The fourth-order valence-corrected chi connectivity index (χ4v) is 1.51. The van der Waals surface area contributed by atoms with Gasteiger partial charge in [-0.2, -0.15) is 0 Å². The van der Waals surface area contributed by atoms with Crippen LogP contribution in [-0.2, 0) is 0 Å². The molecule has 0 amide bonds. The molecule has 3 heteroatoms. The summed E-state index contributed by atoms with van der Waals surface area (Å²) in [5, 5.41) is 0. The number of nitrogens with two attached hydrogens (primary N) is 2. The molecule has 0 aromatic heterocycles. The lowest BCUT2D eigenvalue weighted by molar-refractivity contribution is 0.263. The van der Waals surface area contributed by atoms with Crippen LogP contribution in [0.1, 0.15) is 39.0 Å². The van der Waals surface area contributed by atoms with Gasteiger partial charge in [0.1, 0.15) is 0 Å². The van der Waals surface area contributed by atoms with Crippen LogP contribution < -0.4 is 11.5 Å². The molecule has 14 heavy (non-hydrogen) atoms. The van der Waals surface area contributed by atoms with Crippen molar-refractivity contribution in [2.24, 2.45) is 11.5 Å². The zero-order chi connectivity index (χ0) is 10.6. The lowest BCUT2D eigenvalue weighted by Gasteiger charge is -2.21. The van der Waals surface area contributed by atoms with E-state index >= 15 is 0 Å². The first-order valence-corrected chi connectivity index (χ1v) is 5.97. The van der Waals surface area contributed by atoms with Gasteiger partial charge in [-0.05, 0) is 58.4 Å². The van der Waals surface area contributed by atoms with Crippen LogP contribution >= 0.6 is 0 Å². The SMILES string of the molecule is CCCCN(CCCN)CCCCN. The van der Waals surface area contributed by atoms with Crippen molar-refractivity contribution < 1.29 is 0 Å². The zero-order valence-electron chi connectivity index (χ0n) is 9.67. The van der Waals surface area contributed by atoms with Crippen molar-refractivity contribution in [1.29, 1.82) is 0 Å². The third-order valence-electron chi connectivity index (χ3n) is 2.43.